The monoisotopic (exact) mass is 270 g/mol. The zero-order valence-electron chi connectivity index (χ0n) is 10.8. The molecule has 1 aromatic rings. The number of aliphatic hydroxyl groups is 2. The van der Waals surface area contributed by atoms with E-state index in [1.165, 1.54) is 19.1 Å². The lowest BCUT2D eigenvalue weighted by Gasteiger charge is -2.16. The van der Waals surface area contributed by atoms with Gasteiger partial charge < -0.3 is 25.3 Å². The fourth-order valence-electron chi connectivity index (χ4n) is 1.48. The first kappa shape index (κ1) is 15.2. The average Bonchev–Trinajstić information content (AvgIpc) is 2.84. The van der Waals surface area contributed by atoms with Crippen LogP contribution in [0.4, 0.5) is 0 Å². The number of hydrogen-bond acceptors (Lipinski definition) is 5. The van der Waals surface area contributed by atoms with Crippen molar-refractivity contribution >= 4 is 11.9 Å². The first-order valence-corrected chi connectivity index (χ1v) is 5.92. The van der Waals surface area contributed by atoms with Gasteiger partial charge in [-0.05, 0) is 19.1 Å². The van der Waals surface area contributed by atoms with Crippen molar-refractivity contribution in [3.63, 3.8) is 0 Å². The maximum Gasteiger partial charge on any atom is 0.354 e. The zero-order chi connectivity index (χ0) is 14.4. The second-order valence-electron chi connectivity index (χ2n) is 4.00. The van der Waals surface area contributed by atoms with Crippen molar-refractivity contribution in [2.75, 3.05) is 13.2 Å². The molecule has 2 atom stereocenters. The van der Waals surface area contributed by atoms with Crippen molar-refractivity contribution in [3.8, 4) is 0 Å². The molecule has 1 rings (SSSR count). The molecule has 7 nitrogen and oxygen atoms in total. The largest absolute Gasteiger partial charge is 0.461 e. The molecule has 0 spiro atoms. The van der Waals surface area contributed by atoms with E-state index in [2.05, 4.69) is 10.3 Å². The maximum absolute atomic E-state index is 11.4. The fraction of sp³-hybridized carbons (Fsp3) is 0.500. The Bertz CT molecular complexity index is 443. The lowest BCUT2D eigenvalue weighted by atomic mass is 10.1. The Morgan fingerprint density at radius 1 is 1.42 bits per heavy atom. The van der Waals surface area contributed by atoms with Crippen LogP contribution in [0, 0.1) is 0 Å². The van der Waals surface area contributed by atoms with E-state index in [0.29, 0.717) is 0 Å². The first-order valence-electron chi connectivity index (χ1n) is 5.92. The Balaban J connectivity index is 2.64. The molecule has 0 aromatic carbocycles. The predicted octanol–water partition coefficient (Wildman–Crippen LogP) is -0.278. The van der Waals surface area contributed by atoms with E-state index >= 15 is 0 Å². The molecule has 1 aromatic heterocycles. The van der Waals surface area contributed by atoms with E-state index in [4.69, 9.17) is 4.74 Å². The van der Waals surface area contributed by atoms with E-state index in [1.54, 1.807) is 6.92 Å². The minimum absolute atomic E-state index is 0.0791. The smallest absolute Gasteiger partial charge is 0.354 e. The lowest BCUT2D eigenvalue weighted by Crippen LogP contribution is -2.34. The van der Waals surface area contributed by atoms with Crippen LogP contribution in [-0.2, 0) is 9.53 Å². The highest BCUT2D eigenvalue weighted by Gasteiger charge is 2.21. The van der Waals surface area contributed by atoms with Gasteiger partial charge in [-0.1, -0.05) is 0 Å². The lowest BCUT2D eigenvalue weighted by molar-refractivity contribution is -0.119. The molecule has 0 fully saturated rings. The highest BCUT2D eigenvalue weighted by Crippen LogP contribution is 2.16. The van der Waals surface area contributed by atoms with Crippen LogP contribution >= 0.6 is 0 Å². The Labute approximate surface area is 110 Å². The number of aromatic nitrogens is 1. The molecule has 0 saturated carbocycles. The standard InChI is InChI=1S/C12H18N2O5/c1-3-19-12(18)9-5-4-8(14-9)11(17)10(16)6-13-7(2)15/h4-5,10-11,14,16-17H,3,6H2,1-2H3,(H,13,15). The molecule has 19 heavy (non-hydrogen) atoms. The molecule has 0 aliphatic carbocycles. The summed E-state index contributed by atoms with van der Waals surface area (Å²) in [5.74, 6) is -0.831. The summed E-state index contributed by atoms with van der Waals surface area (Å²) < 4.78 is 4.79. The van der Waals surface area contributed by atoms with Crippen LogP contribution in [0.5, 0.6) is 0 Å². The quantitative estimate of drug-likeness (QED) is 0.531. The van der Waals surface area contributed by atoms with Crippen LogP contribution in [0.25, 0.3) is 0 Å². The number of aliphatic hydroxyl groups excluding tert-OH is 2. The third kappa shape index (κ3) is 4.38. The Morgan fingerprint density at radius 3 is 2.68 bits per heavy atom. The topological polar surface area (TPSA) is 112 Å². The Kier molecular flexibility index (Phi) is 5.53. The molecule has 1 amide bonds. The third-order valence-electron chi connectivity index (χ3n) is 2.45. The van der Waals surface area contributed by atoms with Crippen molar-refractivity contribution in [2.24, 2.45) is 0 Å². The second-order valence-corrected chi connectivity index (χ2v) is 4.00. The number of H-pyrrole nitrogens is 1. The number of aromatic amines is 1. The van der Waals surface area contributed by atoms with Crippen LogP contribution < -0.4 is 5.32 Å². The number of nitrogens with one attached hydrogen (secondary N) is 2. The van der Waals surface area contributed by atoms with Gasteiger partial charge in [0.2, 0.25) is 5.91 Å². The summed E-state index contributed by atoms with van der Waals surface area (Å²) in [6.45, 7) is 3.17. The summed E-state index contributed by atoms with van der Waals surface area (Å²) >= 11 is 0. The van der Waals surface area contributed by atoms with Gasteiger partial charge in [-0.3, -0.25) is 4.79 Å². The van der Waals surface area contributed by atoms with Gasteiger partial charge in [0, 0.05) is 19.2 Å². The Hall–Kier alpha value is -1.86. The van der Waals surface area contributed by atoms with E-state index in [9.17, 15) is 19.8 Å². The van der Waals surface area contributed by atoms with Crippen molar-refractivity contribution in [1.29, 1.82) is 0 Å². The highest BCUT2D eigenvalue weighted by atomic mass is 16.5. The van der Waals surface area contributed by atoms with Crippen molar-refractivity contribution < 1.29 is 24.5 Å². The molecule has 0 radical (unpaired) electrons. The normalized spacial score (nSPS) is 13.7. The van der Waals surface area contributed by atoms with Gasteiger partial charge in [0.25, 0.3) is 0 Å². The van der Waals surface area contributed by atoms with Crippen LogP contribution in [-0.4, -0.2) is 46.3 Å². The van der Waals surface area contributed by atoms with Crippen LogP contribution in [0.3, 0.4) is 0 Å². The highest BCUT2D eigenvalue weighted by molar-refractivity contribution is 5.87. The molecule has 1 heterocycles. The van der Waals surface area contributed by atoms with Gasteiger partial charge >= 0.3 is 5.97 Å². The van der Waals surface area contributed by atoms with Crippen LogP contribution in [0.15, 0.2) is 12.1 Å². The van der Waals surface area contributed by atoms with E-state index < -0.39 is 18.2 Å². The SMILES string of the molecule is CCOC(=O)c1ccc(C(O)C(O)CNC(C)=O)[nH]1. The van der Waals surface area contributed by atoms with E-state index in [1.807, 2.05) is 0 Å². The number of esters is 1. The molecule has 7 heteroatoms. The van der Waals surface area contributed by atoms with Crippen molar-refractivity contribution in [1.82, 2.24) is 10.3 Å². The zero-order valence-corrected chi connectivity index (χ0v) is 10.8. The molecule has 106 valence electrons. The van der Waals surface area contributed by atoms with Crippen LogP contribution in [0.1, 0.15) is 36.1 Å². The molecule has 0 aliphatic rings. The van der Waals surface area contributed by atoms with Gasteiger partial charge in [-0.25, -0.2) is 4.79 Å². The fourth-order valence-corrected chi connectivity index (χ4v) is 1.48. The van der Waals surface area contributed by atoms with Gasteiger partial charge in [0.15, 0.2) is 0 Å². The number of carbonyl (C=O) groups is 2. The number of rotatable bonds is 6. The summed E-state index contributed by atoms with van der Waals surface area (Å²) in [6.07, 6.45) is -2.40. The van der Waals surface area contributed by atoms with Gasteiger partial charge in [0.05, 0.1) is 6.61 Å². The molecule has 4 N–H and O–H groups in total. The number of carbonyl (C=O) groups excluding carboxylic acids is 2. The van der Waals surface area contributed by atoms with E-state index in [0.717, 1.165) is 0 Å². The van der Waals surface area contributed by atoms with Gasteiger partial charge in [0.1, 0.15) is 17.9 Å². The number of hydrogen-bond donors (Lipinski definition) is 4. The predicted molar refractivity (Wildman–Crippen MR) is 66.4 cm³/mol. The second kappa shape index (κ2) is 6.91. The minimum Gasteiger partial charge on any atom is -0.461 e. The van der Waals surface area contributed by atoms with Crippen molar-refractivity contribution in [2.45, 2.75) is 26.1 Å². The summed E-state index contributed by atoms with van der Waals surface area (Å²) in [5.41, 5.74) is 0.475. The number of ether oxygens (including phenoxy) is 1. The maximum atomic E-state index is 11.4. The Morgan fingerprint density at radius 2 is 2.11 bits per heavy atom. The van der Waals surface area contributed by atoms with E-state index in [-0.39, 0.29) is 30.4 Å². The van der Waals surface area contributed by atoms with Crippen molar-refractivity contribution in [3.05, 3.63) is 23.5 Å². The molecular formula is C12H18N2O5. The first-order chi connectivity index (χ1) is 8.95. The number of amides is 1. The minimum atomic E-state index is -1.23. The van der Waals surface area contributed by atoms with Gasteiger partial charge in [-0.2, -0.15) is 0 Å². The molecule has 0 bridgehead atoms. The van der Waals surface area contributed by atoms with Crippen LogP contribution in [0.2, 0.25) is 0 Å². The third-order valence-corrected chi connectivity index (χ3v) is 2.45. The molecular weight excluding hydrogens is 252 g/mol. The molecule has 0 aliphatic heterocycles. The molecule has 0 saturated heterocycles. The summed E-state index contributed by atoms with van der Waals surface area (Å²) in [4.78, 5) is 24.8. The summed E-state index contributed by atoms with van der Waals surface area (Å²) in [5, 5.41) is 21.9. The van der Waals surface area contributed by atoms with Gasteiger partial charge in [-0.15, -0.1) is 0 Å². The summed E-state index contributed by atoms with van der Waals surface area (Å²) in [7, 11) is 0. The summed E-state index contributed by atoms with van der Waals surface area (Å²) in [6, 6.07) is 2.94. The average molecular weight is 270 g/mol. The molecule has 2 unspecified atom stereocenters.